The van der Waals surface area contributed by atoms with Crippen molar-refractivity contribution in [2.24, 2.45) is 16.8 Å². The zero-order valence-corrected chi connectivity index (χ0v) is 11.2. The molecule has 1 fully saturated rings. The maximum absolute atomic E-state index is 4.49. The number of thioether (sulfide) groups is 1. The molecule has 1 N–H and O–H groups in total. The lowest BCUT2D eigenvalue weighted by Gasteiger charge is -2.26. The Bertz CT molecular complexity index is 232. The summed E-state index contributed by atoms with van der Waals surface area (Å²) in [4.78, 5) is 4.49. The minimum Gasteiger partial charge on any atom is -0.365 e. The van der Waals surface area contributed by atoms with Crippen LogP contribution in [0.3, 0.4) is 0 Å². The fourth-order valence-corrected chi connectivity index (χ4v) is 3.42. The van der Waals surface area contributed by atoms with E-state index in [1.54, 1.807) is 0 Å². The van der Waals surface area contributed by atoms with E-state index in [0.29, 0.717) is 0 Å². The summed E-state index contributed by atoms with van der Waals surface area (Å²) in [5, 5.41) is 4.68. The van der Waals surface area contributed by atoms with Gasteiger partial charge in [-0.25, -0.2) is 0 Å². The fraction of sp³-hybridized carbons (Fsp3) is 0.923. The van der Waals surface area contributed by atoms with Gasteiger partial charge in [-0.05, 0) is 24.7 Å². The van der Waals surface area contributed by atoms with Gasteiger partial charge in [0.1, 0.15) is 0 Å². The Hall–Kier alpha value is -0.180. The molecule has 16 heavy (non-hydrogen) atoms. The largest absolute Gasteiger partial charge is 0.365 e. The molecule has 2 rings (SSSR count). The van der Waals surface area contributed by atoms with Gasteiger partial charge in [-0.15, -0.1) is 0 Å². The summed E-state index contributed by atoms with van der Waals surface area (Å²) < 4.78 is 0. The number of hydrogen-bond acceptors (Lipinski definition) is 3. The third kappa shape index (κ3) is 4.00. The standard InChI is InChI=1S/C13H24N2S/c1-11-3-5-12(6-4-11)7-9-15-13-14-8-2-10-16-13/h11-12H,2-10H2,1H3,(H,14,15). The van der Waals surface area contributed by atoms with Crippen LogP contribution in [0, 0.1) is 11.8 Å². The van der Waals surface area contributed by atoms with Crippen molar-refractivity contribution in [3.63, 3.8) is 0 Å². The highest BCUT2D eigenvalue weighted by molar-refractivity contribution is 8.13. The zero-order chi connectivity index (χ0) is 11.2. The van der Waals surface area contributed by atoms with Crippen molar-refractivity contribution in [3.8, 4) is 0 Å². The normalized spacial score (nSPS) is 30.9. The first-order chi connectivity index (χ1) is 7.84. The summed E-state index contributed by atoms with van der Waals surface area (Å²) in [6, 6.07) is 0. The molecule has 1 aliphatic heterocycles. The summed E-state index contributed by atoms with van der Waals surface area (Å²) in [5.74, 6) is 3.19. The molecular weight excluding hydrogens is 216 g/mol. The van der Waals surface area contributed by atoms with Crippen molar-refractivity contribution in [1.29, 1.82) is 0 Å². The second-order valence-corrected chi connectivity index (χ2v) is 6.31. The fourth-order valence-electron chi connectivity index (χ4n) is 2.57. The van der Waals surface area contributed by atoms with Crippen LogP contribution in [0.1, 0.15) is 45.4 Å². The van der Waals surface area contributed by atoms with Crippen LogP contribution in [0.4, 0.5) is 0 Å². The lowest BCUT2D eigenvalue weighted by atomic mass is 9.81. The second kappa shape index (κ2) is 6.53. The predicted molar refractivity (Wildman–Crippen MR) is 73.1 cm³/mol. The van der Waals surface area contributed by atoms with Crippen LogP contribution in [0.15, 0.2) is 4.99 Å². The average Bonchev–Trinajstić information content (AvgIpc) is 2.33. The Labute approximate surface area is 104 Å². The Morgan fingerprint density at radius 3 is 2.81 bits per heavy atom. The summed E-state index contributed by atoms with van der Waals surface area (Å²) in [6.07, 6.45) is 8.37. The third-order valence-corrected chi connectivity index (χ3v) is 4.80. The van der Waals surface area contributed by atoms with Gasteiger partial charge in [0.15, 0.2) is 5.17 Å². The molecule has 3 heteroatoms. The van der Waals surface area contributed by atoms with E-state index >= 15 is 0 Å². The molecule has 2 nitrogen and oxygen atoms in total. The first-order valence-corrected chi connectivity index (χ1v) is 7.74. The molecule has 0 bridgehead atoms. The van der Waals surface area contributed by atoms with Gasteiger partial charge in [-0.2, -0.15) is 0 Å². The topological polar surface area (TPSA) is 24.4 Å². The van der Waals surface area contributed by atoms with E-state index < -0.39 is 0 Å². The molecule has 92 valence electrons. The second-order valence-electron chi connectivity index (χ2n) is 5.23. The number of rotatable bonds is 3. The number of aliphatic imine (C=N–C) groups is 1. The van der Waals surface area contributed by atoms with Crippen LogP contribution in [0.5, 0.6) is 0 Å². The molecular formula is C13H24N2S. The summed E-state index contributed by atoms with van der Waals surface area (Å²) in [5.41, 5.74) is 0. The van der Waals surface area contributed by atoms with Crippen molar-refractivity contribution in [2.75, 3.05) is 18.8 Å². The molecule has 0 aromatic rings. The quantitative estimate of drug-likeness (QED) is 0.818. The van der Waals surface area contributed by atoms with E-state index in [2.05, 4.69) is 17.2 Å². The van der Waals surface area contributed by atoms with Crippen LogP contribution in [-0.2, 0) is 0 Å². The van der Waals surface area contributed by atoms with E-state index in [-0.39, 0.29) is 0 Å². The number of nitrogens with one attached hydrogen (secondary N) is 1. The maximum Gasteiger partial charge on any atom is 0.156 e. The van der Waals surface area contributed by atoms with Gasteiger partial charge in [0.05, 0.1) is 0 Å². The van der Waals surface area contributed by atoms with Crippen molar-refractivity contribution < 1.29 is 0 Å². The lowest BCUT2D eigenvalue weighted by molar-refractivity contribution is 0.278. The summed E-state index contributed by atoms with van der Waals surface area (Å²) >= 11 is 1.89. The molecule has 0 aromatic carbocycles. The molecule has 0 saturated heterocycles. The van der Waals surface area contributed by atoms with E-state index in [0.717, 1.165) is 24.9 Å². The van der Waals surface area contributed by atoms with Gasteiger partial charge >= 0.3 is 0 Å². The molecule has 0 radical (unpaired) electrons. The van der Waals surface area contributed by atoms with Crippen LogP contribution in [0.2, 0.25) is 0 Å². The molecule has 0 amide bonds. The van der Waals surface area contributed by atoms with Gasteiger partial charge in [0.2, 0.25) is 0 Å². The Morgan fingerprint density at radius 1 is 1.31 bits per heavy atom. The molecule has 0 spiro atoms. The lowest BCUT2D eigenvalue weighted by Crippen LogP contribution is -2.26. The SMILES string of the molecule is CC1CCC(CCNC2=NCCCS2)CC1. The van der Waals surface area contributed by atoms with Crippen molar-refractivity contribution in [1.82, 2.24) is 5.32 Å². The average molecular weight is 240 g/mol. The summed E-state index contributed by atoms with van der Waals surface area (Å²) in [7, 11) is 0. The van der Waals surface area contributed by atoms with E-state index in [9.17, 15) is 0 Å². The van der Waals surface area contributed by atoms with Gasteiger partial charge in [-0.1, -0.05) is 44.4 Å². The first-order valence-electron chi connectivity index (χ1n) is 6.75. The zero-order valence-electron chi connectivity index (χ0n) is 10.4. The molecule has 1 saturated carbocycles. The highest BCUT2D eigenvalue weighted by Crippen LogP contribution is 2.29. The van der Waals surface area contributed by atoms with Crippen molar-refractivity contribution in [2.45, 2.75) is 45.4 Å². The van der Waals surface area contributed by atoms with Crippen LogP contribution in [0.25, 0.3) is 0 Å². The van der Waals surface area contributed by atoms with Gasteiger partial charge in [-0.3, -0.25) is 4.99 Å². The molecule has 0 unspecified atom stereocenters. The minimum absolute atomic E-state index is 0.970. The van der Waals surface area contributed by atoms with Gasteiger partial charge < -0.3 is 5.32 Å². The molecule has 1 aliphatic carbocycles. The molecule has 0 aromatic heterocycles. The van der Waals surface area contributed by atoms with Crippen molar-refractivity contribution >= 4 is 16.9 Å². The van der Waals surface area contributed by atoms with E-state index in [1.807, 2.05) is 11.8 Å². The monoisotopic (exact) mass is 240 g/mol. The number of amidine groups is 1. The molecule has 0 atom stereocenters. The van der Waals surface area contributed by atoms with Crippen LogP contribution >= 0.6 is 11.8 Å². The van der Waals surface area contributed by atoms with E-state index in [1.165, 1.54) is 49.4 Å². The Morgan fingerprint density at radius 2 is 2.12 bits per heavy atom. The first kappa shape index (κ1) is 12.3. The Kier molecular flexibility index (Phi) is 5.01. The van der Waals surface area contributed by atoms with Crippen LogP contribution in [-0.4, -0.2) is 24.0 Å². The third-order valence-electron chi connectivity index (χ3n) is 3.76. The van der Waals surface area contributed by atoms with E-state index in [4.69, 9.17) is 0 Å². The van der Waals surface area contributed by atoms with Crippen LogP contribution < -0.4 is 5.32 Å². The predicted octanol–water partition coefficient (Wildman–Crippen LogP) is 3.29. The highest BCUT2D eigenvalue weighted by atomic mass is 32.2. The highest BCUT2D eigenvalue weighted by Gasteiger charge is 2.17. The van der Waals surface area contributed by atoms with Gasteiger partial charge in [0.25, 0.3) is 0 Å². The molecule has 1 heterocycles. The number of nitrogens with zero attached hydrogens (tertiary/aromatic N) is 1. The number of hydrogen-bond donors (Lipinski definition) is 1. The van der Waals surface area contributed by atoms with Gasteiger partial charge in [0, 0.05) is 18.8 Å². The van der Waals surface area contributed by atoms with Crippen molar-refractivity contribution in [3.05, 3.63) is 0 Å². The smallest absolute Gasteiger partial charge is 0.156 e. The molecule has 2 aliphatic rings. The minimum atomic E-state index is 0.970. The Balaban J connectivity index is 1.59. The maximum atomic E-state index is 4.49. The summed E-state index contributed by atoms with van der Waals surface area (Å²) in [6.45, 7) is 4.54.